The third-order valence-electron chi connectivity index (χ3n) is 5.18. The number of fused-ring (bicyclic) bond motifs is 1. The smallest absolute Gasteiger partial charge is 0.323 e. The second-order valence-corrected chi connectivity index (χ2v) is 7.62. The van der Waals surface area contributed by atoms with Crippen molar-refractivity contribution in [3.63, 3.8) is 0 Å². The zero-order valence-electron chi connectivity index (χ0n) is 12.6. The highest BCUT2D eigenvalue weighted by atomic mass is 32.1. The summed E-state index contributed by atoms with van der Waals surface area (Å²) in [5.74, 6) is -0.00619. The van der Waals surface area contributed by atoms with Crippen LogP contribution < -0.4 is 5.32 Å². The molecule has 118 valence electrons. The molecule has 5 nitrogen and oxygen atoms in total. The maximum Gasteiger partial charge on any atom is 0.326 e. The molecular formula is C16H21N3O2S. The minimum Gasteiger partial charge on any atom is -0.323 e. The van der Waals surface area contributed by atoms with Gasteiger partial charge in [-0.15, -0.1) is 11.3 Å². The van der Waals surface area contributed by atoms with E-state index < -0.39 is 5.54 Å². The van der Waals surface area contributed by atoms with Crippen LogP contribution in [-0.2, 0) is 17.8 Å². The Labute approximate surface area is 134 Å². The summed E-state index contributed by atoms with van der Waals surface area (Å²) >= 11 is 1.80. The fraction of sp³-hybridized carbons (Fsp3) is 0.625. The molecule has 0 atom stereocenters. The molecule has 1 aliphatic carbocycles. The molecule has 3 aliphatic rings. The van der Waals surface area contributed by atoms with Gasteiger partial charge in [0, 0.05) is 18.0 Å². The Kier molecular flexibility index (Phi) is 3.46. The summed E-state index contributed by atoms with van der Waals surface area (Å²) in [5.41, 5.74) is 0.745. The standard InChI is InChI=1S/C16H21N3O2S/c20-14-16(6-2-1-3-7-16)17-15(21)19(14)11-18-8-4-13-12(10-18)5-9-22-13/h5,9H,1-4,6-8,10-11H2,(H,17,21). The molecule has 6 heteroatoms. The van der Waals surface area contributed by atoms with Gasteiger partial charge in [0.25, 0.3) is 5.91 Å². The normalized spacial score (nSPS) is 24.6. The molecule has 1 saturated carbocycles. The maximum absolute atomic E-state index is 12.8. The number of hydrogen-bond acceptors (Lipinski definition) is 4. The monoisotopic (exact) mass is 319 g/mol. The largest absolute Gasteiger partial charge is 0.326 e. The summed E-state index contributed by atoms with van der Waals surface area (Å²) in [4.78, 5) is 30.2. The Morgan fingerprint density at radius 2 is 2.05 bits per heavy atom. The van der Waals surface area contributed by atoms with Crippen molar-refractivity contribution in [2.24, 2.45) is 0 Å². The zero-order chi connectivity index (χ0) is 15.2. The molecule has 1 spiro atoms. The second kappa shape index (κ2) is 5.35. The van der Waals surface area contributed by atoms with Gasteiger partial charge in [-0.3, -0.25) is 9.69 Å². The molecule has 1 aromatic rings. The first-order valence-electron chi connectivity index (χ1n) is 8.10. The quantitative estimate of drug-likeness (QED) is 0.851. The lowest BCUT2D eigenvalue weighted by molar-refractivity contribution is -0.134. The number of hydrogen-bond donors (Lipinski definition) is 1. The third kappa shape index (κ3) is 2.25. The Bertz CT molecular complexity index is 606. The zero-order valence-corrected chi connectivity index (χ0v) is 13.5. The van der Waals surface area contributed by atoms with Crippen LogP contribution in [0.15, 0.2) is 11.4 Å². The Morgan fingerprint density at radius 1 is 1.23 bits per heavy atom. The van der Waals surface area contributed by atoms with Gasteiger partial charge in [-0.2, -0.15) is 0 Å². The minimum atomic E-state index is -0.599. The predicted octanol–water partition coefficient (Wildman–Crippen LogP) is 2.32. The van der Waals surface area contributed by atoms with Crippen molar-refractivity contribution in [1.29, 1.82) is 0 Å². The van der Waals surface area contributed by atoms with Crippen molar-refractivity contribution < 1.29 is 9.59 Å². The van der Waals surface area contributed by atoms with E-state index in [4.69, 9.17) is 0 Å². The van der Waals surface area contributed by atoms with Crippen LogP contribution in [-0.4, -0.2) is 40.5 Å². The number of amides is 3. The highest BCUT2D eigenvalue weighted by Gasteiger charge is 2.51. The van der Waals surface area contributed by atoms with Gasteiger partial charge in [0.1, 0.15) is 5.54 Å². The number of rotatable bonds is 2. The molecule has 1 saturated heterocycles. The van der Waals surface area contributed by atoms with Crippen LogP contribution in [0, 0.1) is 0 Å². The molecule has 2 aliphatic heterocycles. The number of nitrogens with one attached hydrogen (secondary N) is 1. The van der Waals surface area contributed by atoms with E-state index in [-0.39, 0.29) is 11.9 Å². The Balaban J connectivity index is 1.47. The first-order chi connectivity index (χ1) is 10.7. The minimum absolute atomic E-state index is 0.00619. The van der Waals surface area contributed by atoms with Crippen LogP contribution in [0.2, 0.25) is 0 Å². The van der Waals surface area contributed by atoms with E-state index in [1.165, 1.54) is 15.3 Å². The van der Waals surface area contributed by atoms with E-state index in [0.717, 1.165) is 51.6 Å². The van der Waals surface area contributed by atoms with E-state index >= 15 is 0 Å². The molecule has 0 aromatic carbocycles. The summed E-state index contributed by atoms with van der Waals surface area (Å²) in [6, 6.07) is 1.95. The number of urea groups is 1. The molecule has 0 radical (unpaired) electrons. The van der Waals surface area contributed by atoms with Gasteiger partial charge in [0.2, 0.25) is 0 Å². The average molecular weight is 319 g/mol. The predicted molar refractivity (Wildman–Crippen MR) is 84.5 cm³/mol. The van der Waals surface area contributed by atoms with Gasteiger partial charge in [-0.05, 0) is 36.3 Å². The maximum atomic E-state index is 12.8. The number of thiophene rings is 1. The van der Waals surface area contributed by atoms with Crippen LogP contribution in [0.3, 0.4) is 0 Å². The molecule has 0 unspecified atom stereocenters. The van der Waals surface area contributed by atoms with Crippen molar-refractivity contribution in [1.82, 2.24) is 15.1 Å². The molecule has 1 aromatic heterocycles. The molecule has 3 heterocycles. The van der Waals surface area contributed by atoms with E-state index in [0.29, 0.717) is 6.67 Å². The fourth-order valence-corrected chi connectivity index (χ4v) is 4.82. The highest BCUT2D eigenvalue weighted by molar-refractivity contribution is 7.10. The van der Waals surface area contributed by atoms with Crippen LogP contribution >= 0.6 is 11.3 Å². The van der Waals surface area contributed by atoms with Gasteiger partial charge < -0.3 is 5.32 Å². The lowest BCUT2D eigenvalue weighted by atomic mass is 9.82. The summed E-state index contributed by atoms with van der Waals surface area (Å²) in [6.07, 6.45) is 5.83. The topological polar surface area (TPSA) is 52.7 Å². The number of nitrogens with zero attached hydrogens (tertiary/aromatic N) is 2. The number of carbonyl (C=O) groups excluding carboxylic acids is 2. The van der Waals surface area contributed by atoms with Gasteiger partial charge >= 0.3 is 6.03 Å². The van der Waals surface area contributed by atoms with Crippen LogP contribution in [0.1, 0.15) is 42.5 Å². The molecule has 3 amide bonds. The Hall–Kier alpha value is -1.40. The van der Waals surface area contributed by atoms with Crippen molar-refractivity contribution in [2.75, 3.05) is 13.2 Å². The van der Waals surface area contributed by atoms with Gasteiger partial charge in [0.15, 0.2) is 0 Å². The molecular weight excluding hydrogens is 298 g/mol. The molecule has 1 N–H and O–H groups in total. The van der Waals surface area contributed by atoms with Crippen molar-refractivity contribution >= 4 is 23.3 Å². The number of imide groups is 1. The van der Waals surface area contributed by atoms with Crippen LogP contribution in [0.5, 0.6) is 0 Å². The van der Waals surface area contributed by atoms with E-state index in [1.54, 1.807) is 11.3 Å². The van der Waals surface area contributed by atoms with Crippen LogP contribution in [0.25, 0.3) is 0 Å². The van der Waals surface area contributed by atoms with E-state index in [1.807, 2.05) is 0 Å². The van der Waals surface area contributed by atoms with Gasteiger partial charge in [0.05, 0.1) is 6.67 Å². The van der Waals surface area contributed by atoms with Gasteiger partial charge in [-0.25, -0.2) is 9.69 Å². The summed E-state index contributed by atoms with van der Waals surface area (Å²) < 4.78 is 0. The number of carbonyl (C=O) groups is 2. The van der Waals surface area contributed by atoms with Gasteiger partial charge in [-0.1, -0.05) is 19.3 Å². The second-order valence-electron chi connectivity index (χ2n) is 6.62. The summed E-state index contributed by atoms with van der Waals surface area (Å²) in [5, 5.41) is 5.11. The summed E-state index contributed by atoms with van der Waals surface area (Å²) in [6.45, 7) is 2.17. The molecule has 22 heavy (non-hydrogen) atoms. The van der Waals surface area contributed by atoms with E-state index in [2.05, 4.69) is 21.7 Å². The molecule has 2 fully saturated rings. The summed E-state index contributed by atoms with van der Waals surface area (Å²) in [7, 11) is 0. The van der Waals surface area contributed by atoms with Crippen molar-refractivity contribution in [3.05, 3.63) is 21.9 Å². The fourth-order valence-electron chi connectivity index (χ4n) is 3.93. The van der Waals surface area contributed by atoms with E-state index in [9.17, 15) is 9.59 Å². The van der Waals surface area contributed by atoms with Crippen LogP contribution in [0.4, 0.5) is 4.79 Å². The molecule has 4 rings (SSSR count). The third-order valence-corrected chi connectivity index (χ3v) is 6.20. The highest BCUT2D eigenvalue weighted by Crippen LogP contribution is 2.34. The molecule has 0 bridgehead atoms. The Morgan fingerprint density at radius 3 is 2.86 bits per heavy atom. The lowest BCUT2D eigenvalue weighted by Gasteiger charge is -2.32. The average Bonchev–Trinajstić information content (AvgIpc) is 3.07. The lowest BCUT2D eigenvalue weighted by Crippen LogP contribution is -2.49. The van der Waals surface area contributed by atoms with Crippen molar-refractivity contribution in [3.8, 4) is 0 Å². The first kappa shape index (κ1) is 14.2. The van der Waals surface area contributed by atoms with Crippen molar-refractivity contribution in [2.45, 2.75) is 50.6 Å². The SMILES string of the molecule is O=C1NC2(CCCCC2)C(=O)N1CN1CCc2sccc2C1. The first-order valence-corrected chi connectivity index (χ1v) is 8.98.